The molecule has 0 aliphatic rings. The molecule has 3 rings (SSSR count). The molecule has 0 atom stereocenters. The van der Waals surface area contributed by atoms with Crippen LogP contribution in [-0.2, 0) is 6.54 Å². The maximum atomic E-state index is 6.09. The summed E-state index contributed by atoms with van der Waals surface area (Å²) in [5, 5.41) is 3.21. The minimum atomic E-state index is 0.334. The number of fused-ring (bicyclic) bond motifs is 1. The summed E-state index contributed by atoms with van der Waals surface area (Å²) in [6.07, 6.45) is 2.13. The summed E-state index contributed by atoms with van der Waals surface area (Å²) in [4.78, 5) is 13.3. The van der Waals surface area contributed by atoms with Gasteiger partial charge in [-0.25, -0.2) is 0 Å². The van der Waals surface area contributed by atoms with Crippen molar-refractivity contribution in [2.75, 3.05) is 31.8 Å². The first kappa shape index (κ1) is 17.8. The largest absolute Gasteiger partial charge is 0.497 e. The number of unbranched alkanes of at least 4 members (excludes halogenated alkanes) is 1. The average molecular weight is 356 g/mol. The fraction of sp³-hybridized carbons (Fsp3) is 0.389. The monoisotopic (exact) mass is 356 g/mol. The van der Waals surface area contributed by atoms with E-state index in [1.54, 1.807) is 14.2 Å². The Bertz CT molecular complexity index is 876. The zero-order valence-electron chi connectivity index (χ0n) is 15.3. The lowest BCUT2D eigenvalue weighted by molar-refractivity contribution is 0.363. The van der Waals surface area contributed by atoms with Gasteiger partial charge in [-0.15, -0.1) is 0 Å². The standard InChI is InChI=1S/C18H24N6O2/c1-4-5-10-20-17-22-15(19)14-16(23-17)24(18(21-14)26-3)11-12-6-8-13(25-2)9-7-12/h6-9H,4-5,10-11H2,1-3H3,(H3,19,20,22,23). The molecule has 3 aromatic rings. The van der Waals surface area contributed by atoms with E-state index in [-0.39, 0.29) is 0 Å². The summed E-state index contributed by atoms with van der Waals surface area (Å²) in [5.74, 6) is 1.65. The summed E-state index contributed by atoms with van der Waals surface area (Å²) in [5.41, 5.74) is 8.34. The lowest BCUT2D eigenvalue weighted by Crippen LogP contribution is -2.09. The first-order valence-electron chi connectivity index (χ1n) is 8.60. The van der Waals surface area contributed by atoms with E-state index in [9.17, 15) is 0 Å². The summed E-state index contributed by atoms with van der Waals surface area (Å²) >= 11 is 0. The molecule has 1 aromatic carbocycles. The minimum absolute atomic E-state index is 0.334. The zero-order valence-corrected chi connectivity index (χ0v) is 15.3. The number of nitrogens with one attached hydrogen (secondary N) is 1. The van der Waals surface area contributed by atoms with Crippen LogP contribution in [0, 0.1) is 0 Å². The maximum absolute atomic E-state index is 6.09. The van der Waals surface area contributed by atoms with Gasteiger partial charge in [0.2, 0.25) is 5.95 Å². The van der Waals surface area contributed by atoms with Crippen LogP contribution in [0.5, 0.6) is 11.8 Å². The highest BCUT2D eigenvalue weighted by molar-refractivity contribution is 5.84. The summed E-state index contributed by atoms with van der Waals surface area (Å²) in [6, 6.07) is 8.27. The molecule has 2 aromatic heterocycles. The number of rotatable bonds is 8. The quantitative estimate of drug-likeness (QED) is 0.599. The second-order valence-electron chi connectivity index (χ2n) is 5.92. The lowest BCUT2D eigenvalue weighted by Gasteiger charge is -2.09. The van der Waals surface area contributed by atoms with Crippen LogP contribution >= 0.6 is 0 Å². The SMILES string of the molecule is CCCCNc1nc(N)c2nc(OC)n(Cc3ccc(OC)cc3)c2n1. The van der Waals surface area contributed by atoms with Gasteiger partial charge in [0.05, 0.1) is 20.8 Å². The first-order chi connectivity index (χ1) is 12.7. The van der Waals surface area contributed by atoms with E-state index < -0.39 is 0 Å². The molecule has 0 aliphatic carbocycles. The van der Waals surface area contributed by atoms with Gasteiger partial charge in [-0.2, -0.15) is 15.0 Å². The third-order valence-corrected chi connectivity index (χ3v) is 4.08. The van der Waals surface area contributed by atoms with Gasteiger partial charge in [0.25, 0.3) is 6.01 Å². The van der Waals surface area contributed by atoms with E-state index in [1.807, 2.05) is 28.8 Å². The molecule has 0 radical (unpaired) electrons. The Hall–Kier alpha value is -3.03. The summed E-state index contributed by atoms with van der Waals surface area (Å²) in [7, 11) is 3.23. The molecular weight excluding hydrogens is 332 g/mol. The molecule has 0 saturated heterocycles. The van der Waals surface area contributed by atoms with E-state index in [4.69, 9.17) is 15.2 Å². The van der Waals surface area contributed by atoms with Crippen LogP contribution in [-0.4, -0.2) is 40.3 Å². The minimum Gasteiger partial charge on any atom is -0.497 e. The van der Waals surface area contributed by atoms with Crippen LogP contribution in [0.4, 0.5) is 11.8 Å². The fourth-order valence-electron chi connectivity index (χ4n) is 2.67. The molecule has 0 aliphatic heterocycles. The molecule has 0 spiro atoms. The van der Waals surface area contributed by atoms with Gasteiger partial charge in [0, 0.05) is 6.54 Å². The van der Waals surface area contributed by atoms with Crippen LogP contribution < -0.4 is 20.5 Å². The Labute approximate surface area is 152 Å². The van der Waals surface area contributed by atoms with Crippen molar-refractivity contribution in [3.8, 4) is 11.8 Å². The highest BCUT2D eigenvalue weighted by Gasteiger charge is 2.17. The lowest BCUT2D eigenvalue weighted by atomic mass is 10.2. The Morgan fingerprint density at radius 2 is 1.85 bits per heavy atom. The second-order valence-corrected chi connectivity index (χ2v) is 5.92. The van der Waals surface area contributed by atoms with Gasteiger partial charge in [-0.05, 0) is 24.1 Å². The van der Waals surface area contributed by atoms with Crippen LogP contribution in [0.3, 0.4) is 0 Å². The van der Waals surface area contributed by atoms with Crippen molar-refractivity contribution in [2.24, 2.45) is 0 Å². The number of nitrogens with two attached hydrogens (primary N) is 1. The number of imidazole rings is 1. The van der Waals surface area contributed by atoms with E-state index in [0.717, 1.165) is 30.7 Å². The second kappa shape index (κ2) is 7.90. The fourth-order valence-corrected chi connectivity index (χ4v) is 2.67. The number of nitrogen functional groups attached to an aromatic ring is 1. The number of benzene rings is 1. The maximum Gasteiger partial charge on any atom is 0.298 e. The topological polar surface area (TPSA) is 100 Å². The highest BCUT2D eigenvalue weighted by Crippen LogP contribution is 2.26. The Morgan fingerprint density at radius 1 is 1.08 bits per heavy atom. The number of ether oxygens (including phenoxy) is 2. The van der Waals surface area contributed by atoms with Gasteiger partial charge >= 0.3 is 0 Å². The van der Waals surface area contributed by atoms with Crippen LogP contribution in [0.1, 0.15) is 25.3 Å². The van der Waals surface area contributed by atoms with Gasteiger partial charge in [0.15, 0.2) is 17.0 Å². The van der Waals surface area contributed by atoms with Crippen molar-refractivity contribution < 1.29 is 9.47 Å². The van der Waals surface area contributed by atoms with E-state index in [0.29, 0.717) is 35.5 Å². The number of hydrogen-bond acceptors (Lipinski definition) is 7. The summed E-state index contributed by atoms with van der Waals surface area (Å²) < 4.78 is 12.5. The van der Waals surface area contributed by atoms with Crippen molar-refractivity contribution in [2.45, 2.75) is 26.3 Å². The number of methoxy groups -OCH3 is 2. The van der Waals surface area contributed by atoms with E-state index in [2.05, 4.69) is 27.2 Å². The molecular formula is C18H24N6O2. The normalized spacial score (nSPS) is 10.9. The molecule has 0 unspecified atom stereocenters. The number of anilines is 2. The van der Waals surface area contributed by atoms with Gasteiger partial charge in [0.1, 0.15) is 5.75 Å². The van der Waals surface area contributed by atoms with Crippen molar-refractivity contribution in [3.05, 3.63) is 29.8 Å². The van der Waals surface area contributed by atoms with Gasteiger partial charge < -0.3 is 20.5 Å². The zero-order chi connectivity index (χ0) is 18.5. The smallest absolute Gasteiger partial charge is 0.298 e. The Balaban J connectivity index is 1.98. The third kappa shape index (κ3) is 3.63. The molecule has 3 N–H and O–H groups in total. The number of aromatic nitrogens is 4. The number of nitrogens with zero attached hydrogens (tertiary/aromatic N) is 4. The molecule has 0 saturated carbocycles. The molecule has 8 heteroatoms. The van der Waals surface area contributed by atoms with Crippen LogP contribution in [0.2, 0.25) is 0 Å². The van der Waals surface area contributed by atoms with Gasteiger partial charge in [-0.1, -0.05) is 25.5 Å². The predicted molar refractivity (Wildman–Crippen MR) is 102 cm³/mol. The third-order valence-electron chi connectivity index (χ3n) is 4.08. The van der Waals surface area contributed by atoms with E-state index in [1.165, 1.54) is 0 Å². The molecule has 0 amide bonds. The number of hydrogen-bond donors (Lipinski definition) is 2. The molecule has 26 heavy (non-hydrogen) atoms. The molecule has 0 bridgehead atoms. The van der Waals surface area contributed by atoms with Crippen molar-refractivity contribution in [1.82, 2.24) is 19.5 Å². The van der Waals surface area contributed by atoms with Crippen molar-refractivity contribution in [3.63, 3.8) is 0 Å². The Morgan fingerprint density at radius 3 is 2.50 bits per heavy atom. The average Bonchev–Trinajstić information content (AvgIpc) is 3.01. The van der Waals surface area contributed by atoms with Crippen LogP contribution in [0.15, 0.2) is 24.3 Å². The first-order valence-corrected chi connectivity index (χ1v) is 8.60. The Kier molecular flexibility index (Phi) is 5.40. The van der Waals surface area contributed by atoms with Gasteiger partial charge in [-0.3, -0.25) is 4.57 Å². The van der Waals surface area contributed by atoms with Crippen molar-refractivity contribution >= 4 is 22.9 Å². The molecule has 138 valence electrons. The summed E-state index contributed by atoms with van der Waals surface area (Å²) in [6.45, 7) is 3.48. The highest BCUT2D eigenvalue weighted by atomic mass is 16.5. The molecule has 2 heterocycles. The molecule has 0 fully saturated rings. The predicted octanol–water partition coefficient (Wildman–Crippen LogP) is 2.69. The van der Waals surface area contributed by atoms with Crippen molar-refractivity contribution in [1.29, 1.82) is 0 Å². The molecule has 8 nitrogen and oxygen atoms in total. The van der Waals surface area contributed by atoms with Crippen LogP contribution in [0.25, 0.3) is 11.2 Å². The van der Waals surface area contributed by atoms with E-state index >= 15 is 0 Å².